The summed E-state index contributed by atoms with van der Waals surface area (Å²) in [5.74, 6) is 1.24. The number of benzene rings is 1. The van der Waals surface area contributed by atoms with Gasteiger partial charge in [-0.15, -0.1) is 0 Å². The first kappa shape index (κ1) is 12.0. The first-order valence-electron chi connectivity index (χ1n) is 6.26. The summed E-state index contributed by atoms with van der Waals surface area (Å²) in [4.78, 5) is 11.5. The lowest BCUT2D eigenvalue weighted by Crippen LogP contribution is -2.30. The zero-order valence-electron chi connectivity index (χ0n) is 10.2. The van der Waals surface area contributed by atoms with E-state index in [2.05, 4.69) is 5.32 Å². The molecule has 0 aromatic heterocycles. The van der Waals surface area contributed by atoms with Crippen molar-refractivity contribution in [3.8, 4) is 5.75 Å². The van der Waals surface area contributed by atoms with Gasteiger partial charge in [0.1, 0.15) is 5.75 Å². The second kappa shape index (κ2) is 5.71. The zero-order valence-corrected chi connectivity index (χ0v) is 10.2. The molecule has 1 N–H and O–H groups in total. The van der Waals surface area contributed by atoms with Crippen LogP contribution in [0.5, 0.6) is 5.75 Å². The number of hydrogen-bond acceptors (Lipinski definition) is 2. The lowest BCUT2D eigenvalue weighted by Gasteiger charge is -2.10. The SMILES string of the molecule is Cc1ccc(OC(=O)NCC2CCCC2)cc1. The molecule has 1 aliphatic carbocycles. The van der Waals surface area contributed by atoms with Crippen LogP contribution < -0.4 is 10.1 Å². The maximum Gasteiger partial charge on any atom is 0.412 e. The fourth-order valence-electron chi connectivity index (χ4n) is 2.19. The summed E-state index contributed by atoms with van der Waals surface area (Å²) in [7, 11) is 0. The molecule has 1 amide bonds. The molecular weight excluding hydrogens is 214 g/mol. The van der Waals surface area contributed by atoms with Gasteiger partial charge < -0.3 is 10.1 Å². The quantitative estimate of drug-likeness (QED) is 0.870. The van der Waals surface area contributed by atoms with Gasteiger partial charge in [-0.25, -0.2) is 4.79 Å². The highest BCUT2D eigenvalue weighted by atomic mass is 16.5. The molecule has 0 bridgehead atoms. The first-order chi connectivity index (χ1) is 8.24. The van der Waals surface area contributed by atoms with E-state index in [-0.39, 0.29) is 6.09 Å². The van der Waals surface area contributed by atoms with E-state index >= 15 is 0 Å². The van der Waals surface area contributed by atoms with Gasteiger partial charge in [-0.3, -0.25) is 0 Å². The molecule has 3 nitrogen and oxygen atoms in total. The second-order valence-electron chi connectivity index (χ2n) is 4.73. The maximum absolute atomic E-state index is 11.5. The van der Waals surface area contributed by atoms with Crippen molar-refractivity contribution in [1.29, 1.82) is 0 Å². The van der Waals surface area contributed by atoms with Crippen molar-refractivity contribution in [2.45, 2.75) is 32.6 Å². The van der Waals surface area contributed by atoms with E-state index in [0.717, 1.165) is 12.1 Å². The Bertz CT molecular complexity index is 366. The normalized spacial score (nSPS) is 15.8. The molecule has 17 heavy (non-hydrogen) atoms. The average molecular weight is 233 g/mol. The van der Waals surface area contributed by atoms with Gasteiger partial charge in [-0.1, -0.05) is 30.5 Å². The number of aryl methyl sites for hydroxylation is 1. The van der Waals surface area contributed by atoms with Crippen molar-refractivity contribution in [3.05, 3.63) is 29.8 Å². The topological polar surface area (TPSA) is 38.3 Å². The van der Waals surface area contributed by atoms with Crippen LogP contribution in [0.1, 0.15) is 31.2 Å². The summed E-state index contributed by atoms with van der Waals surface area (Å²) in [6.45, 7) is 2.74. The zero-order chi connectivity index (χ0) is 12.1. The van der Waals surface area contributed by atoms with Crippen LogP contribution >= 0.6 is 0 Å². The molecular formula is C14H19NO2. The highest BCUT2D eigenvalue weighted by Crippen LogP contribution is 2.23. The average Bonchev–Trinajstić information content (AvgIpc) is 2.83. The summed E-state index contributed by atoms with van der Waals surface area (Å²) >= 11 is 0. The molecule has 0 spiro atoms. The van der Waals surface area contributed by atoms with E-state index in [1.54, 1.807) is 0 Å². The van der Waals surface area contributed by atoms with Crippen molar-refractivity contribution in [3.63, 3.8) is 0 Å². The van der Waals surface area contributed by atoms with Crippen molar-refractivity contribution in [2.75, 3.05) is 6.54 Å². The molecule has 0 heterocycles. The molecule has 1 fully saturated rings. The van der Waals surface area contributed by atoms with Gasteiger partial charge in [-0.2, -0.15) is 0 Å². The predicted octanol–water partition coefficient (Wildman–Crippen LogP) is 3.27. The molecule has 3 heteroatoms. The summed E-state index contributed by atoms with van der Waals surface area (Å²) in [5, 5.41) is 2.83. The number of nitrogens with one attached hydrogen (secondary N) is 1. The molecule has 1 aromatic rings. The number of ether oxygens (including phenoxy) is 1. The molecule has 0 saturated heterocycles. The van der Waals surface area contributed by atoms with Gasteiger partial charge in [0, 0.05) is 6.54 Å². The van der Waals surface area contributed by atoms with E-state index < -0.39 is 0 Å². The molecule has 0 aliphatic heterocycles. The number of hydrogen-bond donors (Lipinski definition) is 1. The third kappa shape index (κ3) is 3.77. The third-order valence-electron chi connectivity index (χ3n) is 3.24. The van der Waals surface area contributed by atoms with Gasteiger partial charge in [-0.05, 0) is 37.8 Å². The Labute approximate surface area is 102 Å². The molecule has 92 valence electrons. The van der Waals surface area contributed by atoms with Crippen LogP contribution in [0.2, 0.25) is 0 Å². The molecule has 0 radical (unpaired) electrons. The van der Waals surface area contributed by atoms with Crippen molar-refractivity contribution < 1.29 is 9.53 Å². The summed E-state index contributed by atoms with van der Waals surface area (Å²) in [6, 6.07) is 7.48. The number of carbonyl (C=O) groups is 1. The minimum absolute atomic E-state index is 0.347. The van der Waals surface area contributed by atoms with E-state index in [0.29, 0.717) is 11.7 Å². The van der Waals surface area contributed by atoms with Gasteiger partial charge in [0.05, 0.1) is 0 Å². The Balaban J connectivity index is 1.74. The predicted molar refractivity (Wildman–Crippen MR) is 67.2 cm³/mol. The molecule has 1 aliphatic rings. The van der Waals surface area contributed by atoms with Crippen LogP contribution in [0.25, 0.3) is 0 Å². The van der Waals surface area contributed by atoms with Crippen LogP contribution in [0.3, 0.4) is 0 Å². The van der Waals surface area contributed by atoms with E-state index in [1.807, 2.05) is 31.2 Å². The third-order valence-corrected chi connectivity index (χ3v) is 3.24. The van der Waals surface area contributed by atoms with Crippen LogP contribution in [0.4, 0.5) is 4.79 Å². The van der Waals surface area contributed by atoms with Crippen LogP contribution in [0, 0.1) is 12.8 Å². The van der Waals surface area contributed by atoms with E-state index in [9.17, 15) is 4.79 Å². The fourth-order valence-corrected chi connectivity index (χ4v) is 2.19. The smallest absolute Gasteiger partial charge is 0.410 e. The van der Waals surface area contributed by atoms with Crippen molar-refractivity contribution in [2.24, 2.45) is 5.92 Å². The highest BCUT2D eigenvalue weighted by molar-refractivity contribution is 5.70. The second-order valence-corrected chi connectivity index (χ2v) is 4.73. The Morgan fingerprint density at radius 1 is 1.29 bits per heavy atom. The van der Waals surface area contributed by atoms with Gasteiger partial charge >= 0.3 is 6.09 Å². The van der Waals surface area contributed by atoms with E-state index in [4.69, 9.17) is 4.74 Å². The molecule has 0 atom stereocenters. The fraction of sp³-hybridized carbons (Fsp3) is 0.500. The first-order valence-corrected chi connectivity index (χ1v) is 6.26. The summed E-state index contributed by atoms with van der Waals surface area (Å²) in [6.07, 6.45) is 4.69. The Morgan fingerprint density at radius 3 is 2.59 bits per heavy atom. The summed E-state index contributed by atoms with van der Waals surface area (Å²) in [5.41, 5.74) is 1.16. The highest BCUT2D eigenvalue weighted by Gasteiger charge is 2.16. The van der Waals surface area contributed by atoms with Crippen molar-refractivity contribution >= 4 is 6.09 Å². The molecule has 2 rings (SSSR count). The molecule has 0 unspecified atom stereocenters. The van der Waals surface area contributed by atoms with Crippen molar-refractivity contribution in [1.82, 2.24) is 5.32 Å². The van der Waals surface area contributed by atoms with Crippen LogP contribution in [-0.4, -0.2) is 12.6 Å². The molecule has 1 saturated carbocycles. The van der Waals surface area contributed by atoms with Gasteiger partial charge in [0.25, 0.3) is 0 Å². The van der Waals surface area contributed by atoms with Crippen LogP contribution in [0.15, 0.2) is 24.3 Å². The minimum Gasteiger partial charge on any atom is -0.410 e. The Morgan fingerprint density at radius 2 is 1.94 bits per heavy atom. The largest absolute Gasteiger partial charge is 0.412 e. The monoisotopic (exact) mass is 233 g/mol. The van der Waals surface area contributed by atoms with E-state index in [1.165, 1.54) is 25.7 Å². The Kier molecular flexibility index (Phi) is 4.02. The number of amides is 1. The molecule has 1 aromatic carbocycles. The number of rotatable bonds is 3. The van der Waals surface area contributed by atoms with Gasteiger partial charge in [0.15, 0.2) is 0 Å². The number of carbonyl (C=O) groups excluding carboxylic acids is 1. The van der Waals surface area contributed by atoms with Crippen LogP contribution in [-0.2, 0) is 0 Å². The maximum atomic E-state index is 11.5. The Hall–Kier alpha value is -1.51. The van der Waals surface area contributed by atoms with Gasteiger partial charge in [0.2, 0.25) is 0 Å². The lowest BCUT2D eigenvalue weighted by atomic mass is 10.1. The lowest BCUT2D eigenvalue weighted by molar-refractivity contribution is 0.198. The minimum atomic E-state index is -0.347. The summed E-state index contributed by atoms with van der Waals surface area (Å²) < 4.78 is 5.18. The standard InChI is InChI=1S/C14H19NO2/c1-11-6-8-13(9-7-11)17-14(16)15-10-12-4-2-3-5-12/h6-9,12H,2-5,10H2,1H3,(H,15,16).